The van der Waals surface area contributed by atoms with Gasteiger partial charge in [-0.05, 0) is 60.2 Å². The second-order valence-corrected chi connectivity index (χ2v) is 7.54. The number of benzene rings is 3. The van der Waals surface area contributed by atoms with Gasteiger partial charge in [-0.25, -0.2) is 0 Å². The minimum atomic E-state index is -0.566. The van der Waals surface area contributed by atoms with Crippen molar-refractivity contribution in [1.82, 2.24) is 0 Å². The Hall–Kier alpha value is -2.97. The fraction of sp³-hybridized carbons (Fsp3) is 0.0435. The molecule has 150 valence electrons. The van der Waals surface area contributed by atoms with Gasteiger partial charge in [0.25, 0.3) is 5.91 Å². The van der Waals surface area contributed by atoms with E-state index in [1.54, 1.807) is 54.6 Å². The summed E-state index contributed by atoms with van der Waals surface area (Å²) in [4.78, 5) is 12.5. The maximum atomic E-state index is 12.5. The molecule has 4 nitrogen and oxygen atoms in total. The standard InChI is InChI=1S/C23H15Cl3N2O2/c24-18-6-4-15(5-7-18)14-30-22-9-8-20(26)11-16(22)10-17(13-27)23(29)28-21-3-1-2-19(25)12-21/h1-12H,14H2,(H,28,29)/b17-10+. The Morgan fingerprint density at radius 2 is 1.67 bits per heavy atom. The number of amides is 1. The fourth-order valence-electron chi connectivity index (χ4n) is 2.57. The molecule has 0 fully saturated rings. The van der Waals surface area contributed by atoms with Crippen molar-refractivity contribution in [3.8, 4) is 11.8 Å². The van der Waals surface area contributed by atoms with Crippen molar-refractivity contribution in [1.29, 1.82) is 5.26 Å². The van der Waals surface area contributed by atoms with Gasteiger partial charge in [0.05, 0.1) is 0 Å². The molecule has 3 aromatic carbocycles. The molecule has 0 spiro atoms. The number of carbonyl (C=O) groups is 1. The van der Waals surface area contributed by atoms with Crippen molar-refractivity contribution >= 4 is 52.5 Å². The van der Waals surface area contributed by atoms with Gasteiger partial charge in [-0.3, -0.25) is 4.79 Å². The molecule has 3 aromatic rings. The maximum Gasteiger partial charge on any atom is 0.266 e. The van der Waals surface area contributed by atoms with E-state index in [9.17, 15) is 10.1 Å². The minimum Gasteiger partial charge on any atom is -0.488 e. The normalized spacial score (nSPS) is 10.9. The topological polar surface area (TPSA) is 62.1 Å². The SMILES string of the molecule is N#C/C(=C\c1cc(Cl)ccc1OCc1ccc(Cl)cc1)C(=O)Nc1cccc(Cl)c1. The van der Waals surface area contributed by atoms with Gasteiger partial charge in [-0.15, -0.1) is 0 Å². The Bertz CT molecular complexity index is 1140. The van der Waals surface area contributed by atoms with E-state index in [4.69, 9.17) is 39.5 Å². The molecule has 0 aliphatic rings. The van der Waals surface area contributed by atoms with Gasteiger partial charge in [0.1, 0.15) is 24.0 Å². The quantitative estimate of drug-likeness (QED) is 0.328. The molecule has 0 aromatic heterocycles. The number of ether oxygens (including phenoxy) is 1. The van der Waals surface area contributed by atoms with E-state index in [1.165, 1.54) is 6.08 Å². The van der Waals surface area contributed by atoms with Crippen LogP contribution in [0.4, 0.5) is 5.69 Å². The predicted molar refractivity (Wildman–Crippen MR) is 121 cm³/mol. The second-order valence-electron chi connectivity index (χ2n) is 6.23. The number of anilines is 1. The average molecular weight is 458 g/mol. The molecule has 0 aliphatic carbocycles. The number of nitrogens with zero attached hydrogens (tertiary/aromatic N) is 1. The fourth-order valence-corrected chi connectivity index (χ4v) is 3.07. The van der Waals surface area contributed by atoms with Crippen LogP contribution >= 0.6 is 34.8 Å². The summed E-state index contributed by atoms with van der Waals surface area (Å²) in [5.74, 6) is -0.0824. The summed E-state index contributed by atoms with van der Waals surface area (Å²) in [5, 5.41) is 13.7. The molecule has 30 heavy (non-hydrogen) atoms. The van der Waals surface area contributed by atoms with Gasteiger partial charge in [0, 0.05) is 26.3 Å². The number of halogens is 3. The number of nitriles is 1. The highest BCUT2D eigenvalue weighted by Crippen LogP contribution is 2.27. The number of carbonyl (C=O) groups excluding carboxylic acids is 1. The Morgan fingerprint density at radius 3 is 2.37 bits per heavy atom. The summed E-state index contributed by atoms with van der Waals surface area (Å²) in [5.41, 5.74) is 1.81. The molecule has 7 heteroatoms. The van der Waals surface area contributed by atoms with E-state index in [0.29, 0.717) is 32.1 Å². The molecule has 0 radical (unpaired) electrons. The Kier molecular flexibility index (Phi) is 7.37. The van der Waals surface area contributed by atoms with E-state index in [-0.39, 0.29) is 12.2 Å². The van der Waals surface area contributed by atoms with Crippen LogP contribution in [0.5, 0.6) is 5.75 Å². The number of rotatable bonds is 6. The van der Waals surface area contributed by atoms with Crippen LogP contribution in [0.1, 0.15) is 11.1 Å². The zero-order chi connectivity index (χ0) is 21.5. The minimum absolute atomic E-state index is 0.103. The van der Waals surface area contributed by atoms with Gasteiger partial charge in [0.15, 0.2) is 0 Å². The van der Waals surface area contributed by atoms with E-state index in [2.05, 4.69) is 5.32 Å². The highest BCUT2D eigenvalue weighted by Gasteiger charge is 2.12. The highest BCUT2D eigenvalue weighted by molar-refractivity contribution is 6.31. The number of hydrogen-bond donors (Lipinski definition) is 1. The van der Waals surface area contributed by atoms with Crippen LogP contribution in [-0.4, -0.2) is 5.91 Å². The lowest BCUT2D eigenvalue weighted by molar-refractivity contribution is -0.112. The zero-order valence-corrected chi connectivity index (χ0v) is 17.8. The first-order valence-corrected chi connectivity index (χ1v) is 9.93. The van der Waals surface area contributed by atoms with Gasteiger partial charge in [0.2, 0.25) is 0 Å². The van der Waals surface area contributed by atoms with Crippen LogP contribution in [0.25, 0.3) is 6.08 Å². The number of nitrogens with one attached hydrogen (secondary N) is 1. The van der Waals surface area contributed by atoms with Crippen LogP contribution in [0.15, 0.2) is 72.3 Å². The average Bonchev–Trinajstić information content (AvgIpc) is 2.72. The molecule has 3 rings (SSSR count). The predicted octanol–water partition coefficient (Wildman–Crippen LogP) is 6.77. The zero-order valence-electron chi connectivity index (χ0n) is 15.5. The second kappa shape index (κ2) is 10.2. The molecule has 0 atom stereocenters. The van der Waals surface area contributed by atoms with Crippen LogP contribution < -0.4 is 10.1 Å². The van der Waals surface area contributed by atoms with Gasteiger partial charge < -0.3 is 10.1 Å². The van der Waals surface area contributed by atoms with Crippen LogP contribution in [-0.2, 0) is 11.4 Å². The molecule has 1 amide bonds. The maximum absolute atomic E-state index is 12.5. The molecule has 0 aliphatic heterocycles. The van der Waals surface area contributed by atoms with Gasteiger partial charge >= 0.3 is 0 Å². The lowest BCUT2D eigenvalue weighted by Crippen LogP contribution is -2.13. The summed E-state index contributed by atoms with van der Waals surface area (Å²) in [6.45, 7) is 0.288. The van der Waals surface area contributed by atoms with Gasteiger partial charge in [-0.1, -0.05) is 53.0 Å². The summed E-state index contributed by atoms with van der Waals surface area (Å²) in [6, 6.07) is 20.8. The first-order valence-electron chi connectivity index (χ1n) is 8.80. The molecule has 0 heterocycles. The van der Waals surface area contributed by atoms with Crippen molar-refractivity contribution in [2.75, 3.05) is 5.32 Å². The Morgan fingerprint density at radius 1 is 0.967 bits per heavy atom. The number of hydrogen-bond acceptors (Lipinski definition) is 3. The summed E-state index contributed by atoms with van der Waals surface area (Å²) in [6.07, 6.45) is 1.43. The smallest absolute Gasteiger partial charge is 0.266 e. The first kappa shape index (κ1) is 21.7. The third-order valence-corrected chi connectivity index (χ3v) is 4.75. The summed E-state index contributed by atoms with van der Waals surface area (Å²) in [7, 11) is 0. The Balaban J connectivity index is 1.82. The van der Waals surface area contributed by atoms with E-state index in [0.717, 1.165) is 5.56 Å². The molecular weight excluding hydrogens is 443 g/mol. The highest BCUT2D eigenvalue weighted by atomic mass is 35.5. The van der Waals surface area contributed by atoms with Crippen LogP contribution in [0.2, 0.25) is 15.1 Å². The van der Waals surface area contributed by atoms with Crippen molar-refractivity contribution in [2.24, 2.45) is 0 Å². The largest absolute Gasteiger partial charge is 0.488 e. The van der Waals surface area contributed by atoms with Crippen molar-refractivity contribution < 1.29 is 9.53 Å². The summed E-state index contributed by atoms with van der Waals surface area (Å²) < 4.78 is 5.87. The molecule has 1 N–H and O–H groups in total. The van der Waals surface area contributed by atoms with Gasteiger partial charge in [-0.2, -0.15) is 5.26 Å². The first-order chi connectivity index (χ1) is 14.4. The van der Waals surface area contributed by atoms with E-state index < -0.39 is 5.91 Å². The monoisotopic (exact) mass is 456 g/mol. The van der Waals surface area contributed by atoms with E-state index >= 15 is 0 Å². The molecule has 0 unspecified atom stereocenters. The molecular formula is C23H15Cl3N2O2. The van der Waals surface area contributed by atoms with Crippen molar-refractivity contribution in [2.45, 2.75) is 6.61 Å². The lowest BCUT2D eigenvalue weighted by atomic mass is 10.1. The van der Waals surface area contributed by atoms with E-state index in [1.807, 2.05) is 18.2 Å². The van der Waals surface area contributed by atoms with Crippen molar-refractivity contribution in [3.05, 3.63) is 98.5 Å². The molecule has 0 saturated carbocycles. The molecule has 0 saturated heterocycles. The Labute approximate surface area is 189 Å². The third kappa shape index (κ3) is 6.01. The van der Waals surface area contributed by atoms with Crippen LogP contribution in [0.3, 0.4) is 0 Å². The van der Waals surface area contributed by atoms with Crippen LogP contribution in [0, 0.1) is 11.3 Å². The lowest BCUT2D eigenvalue weighted by Gasteiger charge is -2.11. The molecule has 0 bridgehead atoms. The summed E-state index contributed by atoms with van der Waals surface area (Å²) >= 11 is 17.9. The third-order valence-electron chi connectivity index (χ3n) is 4.03. The van der Waals surface area contributed by atoms with Crippen molar-refractivity contribution in [3.63, 3.8) is 0 Å².